The van der Waals surface area contributed by atoms with Crippen LogP contribution in [0.15, 0.2) is 5.16 Å². The van der Waals surface area contributed by atoms with Gasteiger partial charge in [-0.2, -0.15) is 0 Å². The maximum Gasteiger partial charge on any atom is 0.189 e. The number of nitrogens with one attached hydrogen (secondary N) is 1. The number of unbranched alkanes of at least 4 members (excludes halogenated alkanes) is 1. The Morgan fingerprint density at radius 3 is 2.58 bits per heavy atom. The van der Waals surface area contributed by atoms with E-state index >= 15 is 0 Å². The molecule has 0 bridgehead atoms. The van der Waals surface area contributed by atoms with E-state index in [-0.39, 0.29) is 0 Å². The first-order valence-electron chi connectivity index (χ1n) is 11.8. The summed E-state index contributed by atoms with van der Waals surface area (Å²) in [5.74, 6) is 0.985. The van der Waals surface area contributed by atoms with Crippen molar-refractivity contribution >= 4 is 49.3 Å². The van der Waals surface area contributed by atoms with Crippen molar-refractivity contribution in [3.8, 4) is 0 Å². The smallest absolute Gasteiger partial charge is 0.189 e. The number of thiophene rings is 1. The fourth-order valence-corrected chi connectivity index (χ4v) is 6.13. The van der Waals surface area contributed by atoms with E-state index in [1.165, 1.54) is 52.6 Å². The van der Waals surface area contributed by atoms with Crippen LogP contribution in [-0.4, -0.2) is 52.3 Å². The normalized spacial score (nSPS) is 13.6. The number of anilines is 1. The summed E-state index contributed by atoms with van der Waals surface area (Å²) in [7, 11) is 0. The molecule has 0 aliphatic heterocycles. The number of rotatable bonds is 11. The van der Waals surface area contributed by atoms with Crippen LogP contribution in [0.2, 0.25) is 0 Å². The molecule has 5 nitrogen and oxygen atoms in total. The van der Waals surface area contributed by atoms with Gasteiger partial charge in [-0.15, -0.1) is 11.3 Å². The molecule has 0 aromatic carbocycles. The van der Waals surface area contributed by atoms with Crippen LogP contribution >= 0.6 is 23.1 Å². The highest BCUT2D eigenvalue weighted by Crippen LogP contribution is 2.42. The van der Waals surface area contributed by atoms with E-state index in [4.69, 9.17) is 15.0 Å². The highest BCUT2D eigenvalue weighted by Gasteiger charge is 2.24. The Bertz CT molecular complexity index is 1040. The highest BCUT2D eigenvalue weighted by molar-refractivity contribution is 7.98. The molecule has 0 fully saturated rings. The van der Waals surface area contributed by atoms with Crippen LogP contribution in [0.3, 0.4) is 0 Å². The van der Waals surface area contributed by atoms with Gasteiger partial charge in [0.05, 0.1) is 10.2 Å². The summed E-state index contributed by atoms with van der Waals surface area (Å²) in [6, 6.07) is 0. The summed E-state index contributed by atoms with van der Waals surface area (Å²) in [5.41, 5.74) is 5.47. The molecule has 1 aliphatic carbocycles. The Kier molecular flexibility index (Phi) is 7.67. The number of nitrogens with zero attached hydrogens (tertiary/aromatic N) is 4. The molecule has 0 spiro atoms. The van der Waals surface area contributed by atoms with Crippen molar-refractivity contribution in [2.75, 3.05) is 37.8 Å². The SMILES string of the molecule is CCCCc1nc2sc3c(NCCCN(CC)CC)nc(SC)nc3c2c2c1CCC2. The molecule has 0 saturated carbocycles. The van der Waals surface area contributed by atoms with Crippen molar-refractivity contribution in [2.24, 2.45) is 0 Å². The molecule has 4 rings (SSSR count). The zero-order valence-electron chi connectivity index (χ0n) is 19.4. The minimum absolute atomic E-state index is 0.847. The molecule has 3 aromatic rings. The molecule has 0 radical (unpaired) electrons. The number of aryl methyl sites for hydroxylation is 2. The quantitative estimate of drug-likeness (QED) is 0.219. The molecule has 1 N–H and O–H groups in total. The van der Waals surface area contributed by atoms with Crippen LogP contribution in [0.25, 0.3) is 20.4 Å². The molecule has 0 unspecified atom stereocenters. The zero-order valence-corrected chi connectivity index (χ0v) is 21.0. The number of hydrogen-bond donors (Lipinski definition) is 1. The summed E-state index contributed by atoms with van der Waals surface area (Å²) in [5, 5.41) is 5.78. The minimum atomic E-state index is 0.847. The van der Waals surface area contributed by atoms with Crippen molar-refractivity contribution in [3.05, 3.63) is 16.8 Å². The maximum atomic E-state index is 5.17. The lowest BCUT2D eigenvalue weighted by molar-refractivity contribution is 0.303. The molecule has 0 amide bonds. The third-order valence-corrected chi connectivity index (χ3v) is 8.01. The number of hydrogen-bond acceptors (Lipinski definition) is 7. The van der Waals surface area contributed by atoms with Gasteiger partial charge in [0.1, 0.15) is 10.6 Å². The van der Waals surface area contributed by atoms with Crippen molar-refractivity contribution in [3.63, 3.8) is 0 Å². The van der Waals surface area contributed by atoms with Crippen LogP contribution in [0.5, 0.6) is 0 Å². The topological polar surface area (TPSA) is 53.9 Å². The number of fused-ring (bicyclic) bond motifs is 5. The standard InChI is InChI=1S/C24H35N5S2/c1-5-8-13-18-16-11-9-12-17(16)19-20-21(31-23(19)26-18)22(28-24(27-20)30-4)25-14-10-15-29(6-2)7-3/h5-15H2,1-4H3,(H,25,27,28). The second kappa shape index (κ2) is 10.5. The van der Waals surface area contributed by atoms with Gasteiger partial charge in [-0.25, -0.2) is 15.0 Å². The van der Waals surface area contributed by atoms with E-state index in [1.54, 1.807) is 23.1 Å². The molecular formula is C24H35N5S2. The average molecular weight is 458 g/mol. The first kappa shape index (κ1) is 22.7. The van der Waals surface area contributed by atoms with Crippen LogP contribution < -0.4 is 5.32 Å². The predicted molar refractivity (Wildman–Crippen MR) is 136 cm³/mol. The lowest BCUT2D eigenvalue weighted by Crippen LogP contribution is -2.25. The van der Waals surface area contributed by atoms with Gasteiger partial charge in [0.15, 0.2) is 5.16 Å². The number of thioether (sulfide) groups is 1. The molecule has 3 heterocycles. The molecular weight excluding hydrogens is 422 g/mol. The van der Waals surface area contributed by atoms with Gasteiger partial charge in [0.2, 0.25) is 0 Å². The van der Waals surface area contributed by atoms with E-state index in [9.17, 15) is 0 Å². The van der Waals surface area contributed by atoms with Crippen LogP contribution in [0.4, 0.5) is 5.82 Å². The number of pyridine rings is 1. The minimum Gasteiger partial charge on any atom is -0.369 e. The first-order valence-corrected chi connectivity index (χ1v) is 13.9. The Morgan fingerprint density at radius 1 is 1.03 bits per heavy atom. The average Bonchev–Trinajstić information content (AvgIpc) is 3.41. The van der Waals surface area contributed by atoms with Crippen molar-refractivity contribution in [1.29, 1.82) is 0 Å². The second-order valence-corrected chi connectivity index (χ2v) is 10.1. The second-order valence-electron chi connectivity index (χ2n) is 8.30. The summed E-state index contributed by atoms with van der Waals surface area (Å²) in [4.78, 5) is 18.6. The van der Waals surface area contributed by atoms with Gasteiger partial charge in [-0.05, 0) is 75.5 Å². The van der Waals surface area contributed by atoms with Crippen molar-refractivity contribution in [1.82, 2.24) is 19.9 Å². The van der Waals surface area contributed by atoms with Crippen molar-refractivity contribution in [2.45, 2.75) is 70.9 Å². The Hall–Kier alpha value is -1.44. The highest BCUT2D eigenvalue weighted by atomic mass is 32.2. The van der Waals surface area contributed by atoms with E-state index in [2.05, 4.69) is 37.2 Å². The van der Waals surface area contributed by atoms with E-state index in [0.717, 1.165) is 66.8 Å². The Balaban J connectivity index is 1.71. The summed E-state index contributed by atoms with van der Waals surface area (Å²) in [6.07, 6.45) is 10.3. The summed E-state index contributed by atoms with van der Waals surface area (Å²) >= 11 is 3.40. The van der Waals surface area contributed by atoms with E-state index in [0.29, 0.717) is 0 Å². The molecule has 0 atom stereocenters. The van der Waals surface area contributed by atoms with Gasteiger partial charge in [0.25, 0.3) is 0 Å². The zero-order chi connectivity index (χ0) is 21.8. The number of aromatic nitrogens is 3. The molecule has 31 heavy (non-hydrogen) atoms. The third kappa shape index (κ3) is 4.69. The van der Waals surface area contributed by atoms with Gasteiger partial charge in [-0.3, -0.25) is 0 Å². The Labute approximate surface area is 194 Å². The molecule has 1 aliphatic rings. The fraction of sp³-hybridized carbons (Fsp3) is 0.625. The first-order chi connectivity index (χ1) is 15.2. The van der Waals surface area contributed by atoms with Crippen LogP contribution in [0, 0.1) is 0 Å². The molecule has 0 saturated heterocycles. The van der Waals surface area contributed by atoms with E-state index in [1.807, 2.05) is 0 Å². The van der Waals surface area contributed by atoms with E-state index < -0.39 is 0 Å². The maximum absolute atomic E-state index is 5.17. The lowest BCUT2D eigenvalue weighted by Gasteiger charge is -2.17. The van der Waals surface area contributed by atoms with Crippen LogP contribution in [-0.2, 0) is 19.3 Å². The van der Waals surface area contributed by atoms with Gasteiger partial charge >= 0.3 is 0 Å². The molecule has 168 valence electrons. The van der Waals surface area contributed by atoms with Crippen LogP contribution in [0.1, 0.15) is 63.3 Å². The van der Waals surface area contributed by atoms with Crippen molar-refractivity contribution < 1.29 is 0 Å². The third-order valence-electron chi connectivity index (χ3n) is 6.39. The molecule has 3 aromatic heterocycles. The summed E-state index contributed by atoms with van der Waals surface area (Å²) in [6.45, 7) is 11.0. The largest absolute Gasteiger partial charge is 0.369 e. The fourth-order valence-electron chi connectivity index (χ4n) is 4.64. The molecule has 7 heteroatoms. The van der Waals surface area contributed by atoms with Gasteiger partial charge < -0.3 is 10.2 Å². The Morgan fingerprint density at radius 2 is 1.84 bits per heavy atom. The summed E-state index contributed by atoms with van der Waals surface area (Å²) < 4.78 is 1.17. The van der Waals surface area contributed by atoms with Gasteiger partial charge in [0, 0.05) is 17.6 Å². The predicted octanol–water partition coefficient (Wildman–Crippen LogP) is 5.94. The van der Waals surface area contributed by atoms with Gasteiger partial charge in [-0.1, -0.05) is 39.0 Å². The monoisotopic (exact) mass is 457 g/mol. The lowest BCUT2D eigenvalue weighted by atomic mass is 10.0.